The first-order chi connectivity index (χ1) is 11.6. The zero-order chi connectivity index (χ0) is 16.9. The molecule has 7 nitrogen and oxygen atoms in total. The minimum Gasteiger partial charge on any atom is -0.369 e. The molecule has 3 rings (SSSR count). The summed E-state index contributed by atoms with van der Waals surface area (Å²) in [6, 6.07) is 5.93. The predicted octanol–water partition coefficient (Wildman–Crippen LogP) is -0.0725. The van der Waals surface area contributed by atoms with Crippen molar-refractivity contribution in [1.82, 2.24) is 14.8 Å². The third-order valence-corrected chi connectivity index (χ3v) is 4.95. The number of aromatic nitrogens is 1. The molecule has 2 amide bonds. The minimum absolute atomic E-state index is 0.0732. The highest BCUT2D eigenvalue weighted by molar-refractivity contribution is 5.80. The monoisotopic (exact) mass is 331 g/mol. The SMILES string of the molecule is NC(=O)C1CCN(C(=O)CN2CCN(c3ccccn3)CC2)CC1. The standard InChI is InChI=1S/C17H25N5O2/c18-17(24)14-4-7-22(8-5-14)16(23)13-20-9-11-21(12-10-20)15-3-1-2-6-19-15/h1-3,6,14H,4-5,7-13H2,(H2,18,24). The minimum atomic E-state index is -0.243. The van der Waals surface area contributed by atoms with Gasteiger partial charge in [0.15, 0.2) is 0 Å². The van der Waals surface area contributed by atoms with Crippen LogP contribution in [0.3, 0.4) is 0 Å². The summed E-state index contributed by atoms with van der Waals surface area (Å²) in [6.45, 7) is 5.22. The number of hydrogen-bond donors (Lipinski definition) is 1. The maximum atomic E-state index is 12.4. The molecule has 1 aromatic heterocycles. The number of carbonyl (C=O) groups excluding carboxylic acids is 2. The second-order valence-corrected chi connectivity index (χ2v) is 6.51. The number of carbonyl (C=O) groups is 2. The summed E-state index contributed by atoms with van der Waals surface area (Å²) in [5.74, 6) is 0.838. The van der Waals surface area contributed by atoms with Crippen molar-refractivity contribution in [3.8, 4) is 0 Å². The Labute approximate surface area is 142 Å². The highest BCUT2D eigenvalue weighted by Gasteiger charge is 2.27. The van der Waals surface area contributed by atoms with Crippen molar-refractivity contribution in [2.24, 2.45) is 11.7 Å². The van der Waals surface area contributed by atoms with E-state index < -0.39 is 0 Å². The summed E-state index contributed by atoms with van der Waals surface area (Å²) in [4.78, 5) is 34.3. The largest absolute Gasteiger partial charge is 0.369 e. The van der Waals surface area contributed by atoms with Crippen LogP contribution in [0, 0.1) is 5.92 Å². The molecule has 0 aliphatic carbocycles. The van der Waals surface area contributed by atoms with E-state index in [2.05, 4.69) is 14.8 Å². The summed E-state index contributed by atoms with van der Waals surface area (Å²) >= 11 is 0. The topological polar surface area (TPSA) is 82.8 Å². The van der Waals surface area contributed by atoms with Gasteiger partial charge in [-0.05, 0) is 25.0 Å². The van der Waals surface area contributed by atoms with Crippen LogP contribution in [0.25, 0.3) is 0 Å². The van der Waals surface area contributed by atoms with Crippen LogP contribution in [0.1, 0.15) is 12.8 Å². The van der Waals surface area contributed by atoms with E-state index in [0.29, 0.717) is 32.5 Å². The van der Waals surface area contributed by atoms with Crippen molar-refractivity contribution >= 4 is 17.6 Å². The smallest absolute Gasteiger partial charge is 0.236 e. The molecule has 0 aromatic carbocycles. The lowest BCUT2D eigenvalue weighted by molar-refractivity contribution is -0.136. The number of nitrogens with zero attached hydrogens (tertiary/aromatic N) is 4. The molecule has 24 heavy (non-hydrogen) atoms. The molecule has 2 fully saturated rings. The lowest BCUT2D eigenvalue weighted by atomic mass is 9.96. The van der Waals surface area contributed by atoms with Gasteiger partial charge in [-0.3, -0.25) is 14.5 Å². The van der Waals surface area contributed by atoms with Crippen LogP contribution in [-0.2, 0) is 9.59 Å². The molecule has 0 atom stereocenters. The molecule has 0 unspecified atom stereocenters. The molecular weight excluding hydrogens is 306 g/mol. The van der Waals surface area contributed by atoms with E-state index in [1.54, 1.807) is 6.20 Å². The lowest BCUT2D eigenvalue weighted by Gasteiger charge is -2.37. The van der Waals surface area contributed by atoms with Crippen LogP contribution >= 0.6 is 0 Å². The Morgan fingerprint density at radius 3 is 2.38 bits per heavy atom. The normalized spacial score (nSPS) is 20.2. The third kappa shape index (κ3) is 4.03. The van der Waals surface area contributed by atoms with Crippen molar-refractivity contribution in [3.05, 3.63) is 24.4 Å². The van der Waals surface area contributed by atoms with Gasteiger partial charge in [-0.1, -0.05) is 6.07 Å². The molecule has 2 aliphatic heterocycles. The molecule has 7 heteroatoms. The van der Waals surface area contributed by atoms with E-state index >= 15 is 0 Å². The number of hydrogen-bond acceptors (Lipinski definition) is 5. The zero-order valence-corrected chi connectivity index (χ0v) is 13.9. The number of piperidine rings is 1. The second kappa shape index (κ2) is 7.61. The number of piperazine rings is 1. The Morgan fingerprint density at radius 1 is 1.08 bits per heavy atom. The summed E-state index contributed by atoms with van der Waals surface area (Å²) in [6.07, 6.45) is 3.18. The van der Waals surface area contributed by atoms with Crippen molar-refractivity contribution in [3.63, 3.8) is 0 Å². The Bertz CT molecular complexity index is 564. The van der Waals surface area contributed by atoms with Crippen LogP contribution < -0.4 is 10.6 Å². The molecule has 0 bridgehead atoms. The van der Waals surface area contributed by atoms with E-state index in [4.69, 9.17) is 5.73 Å². The van der Waals surface area contributed by atoms with E-state index in [1.165, 1.54) is 0 Å². The number of likely N-dealkylation sites (tertiary alicyclic amines) is 1. The van der Waals surface area contributed by atoms with E-state index in [0.717, 1.165) is 32.0 Å². The van der Waals surface area contributed by atoms with E-state index in [-0.39, 0.29) is 17.7 Å². The summed E-state index contributed by atoms with van der Waals surface area (Å²) in [5, 5.41) is 0. The lowest BCUT2D eigenvalue weighted by Crippen LogP contribution is -2.51. The summed E-state index contributed by atoms with van der Waals surface area (Å²) in [7, 11) is 0. The molecular formula is C17H25N5O2. The highest BCUT2D eigenvalue weighted by Crippen LogP contribution is 2.17. The third-order valence-electron chi connectivity index (χ3n) is 4.95. The number of nitrogens with two attached hydrogens (primary N) is 1. The zero-order valence-electron chi connectivity index (χ0n) is 13.9. The molecule has 0 saturated carbocycles. The number of pyridine rings is 1. The molecule has 2 N–H and O–H groups in total. The maximum Gasteiger partial charge on any atom is 0.236 e. The summed E-state index contributed by atoms with van der Waals surface area (Å²) < 4.78 is 0. The molecule has 2 saturated heterocycles. The van der Waals surface area contributed by atoms with E-state index in [1.807, 2.05) is 23.1 Å². The number of rotatable bonds is 4. The average molecular weight is 331 g/mol. The fraction of sp³-hybridized carbons (Fsp3) is 0.588. The number of amides is 2. The molecule has 130 valence electrons. The summed E-state index contributed by atoms with van der Waals surface area (Å²) in [5.41, 5.74) is 5.34. The average Bonchev–Trinajstić information content (AvgIpc) is 2.63. The van der Waals surface area contributed by atoms with Crippen LogP contribution in [0.5, 0.6) is 0 Å². The Balaban J connectivity index is 1.43. The fourth-order valence-corrected chi connectivity index (χ4v) is 3.38. The number of anilines is 1. The Kier molecular flexibility index (Phi) is 5.30. The van der Waals surface area contributed by atoms with Gasteiger partial charge in [-0.15, -0.1) is 0 Å². The maximum absolute atomic E-state index is 12.4. The quantitative estimate of drug-likeness (QED) is 0.835. The van der Waals surface area contributed by atoms with Gasteiger partial charge in [0, 0.05) is 51.4 Å². The van der Waals surface area contributed by atoms with Gasteiger partial charge in [0.25, 0.3) is 0 Å². The van der Waals surface area contributed by atoms with Gasteiger partial charge in [0.05, 0.1) is 6.54 Å². The highest BCUT2D eigenvalue weighted by atomic mass is 16.2. The van der Waals surface area contributed by atoms with Gasteiger partial charge in [-0.25, -0.2) is 4.98 Å². The van der Waals surface area contributed by atoms with Crippen LogP contribution in [-0.4, -0.2) is 72.4 Å². The van der Waals surface area contributed by atoms with Gasteiger partial charge in [0.2, 0.25) is 11.8 Å². The first-order valence-electron chi connectivity index (χ1n) is 8.59. The van der Waals surface area contributed by atoms with Crippen molar-refractivity contribution in [2.75, 3.05) is 50.7 Å². The number of primary amides is 1. The van der Waals surface area contributed by atoms with Crippen molar-refractivity contribution in [1.29, 1.82) is 0 Å². The van der Waals surface area contributed by atoms with Crippen molar-refractivity contribution < 1.29 is 9.59 Å². The molecule has 2 aliphatic rings. The second-order valence-electron chi connectivity index (χ2n) is 6.51. The van der Waals surface area contributed by atoms with Crippen molar-refractivity contribution in [2.45, 2.75) is 12.8 Å². The molecule has 3 heterocycles. The first-order valence-corrected chi connectivity index (χ1v) is 8.59. The van der Waals surface area contributed by atoms with E-state index in [9.17, 15) is 9.59 Å². The molecule has 0 radical (unpaired) electrons. The first kappa shape index (κ1) is 16.7. The molecule has 1 aromatic rings. The molecule has 0 spiro atoms. The Hall–Kier alpha value is -2.15. The van der Waals surface area contributed by atoms with Gasteiger partial charge in [-0.2, -0.15) is 0 Å². The van der Waals surface area contributed by atoms with Gasteiger partial charge >= 0.3 is 0 Å². The van der Waals surface area contributed by atoms with Crippen LogP contribution in [0.2, 0.25) is 0 Å². The van der Waals surface area contributed by atoms with Gasteiger partial charge < -0.3 is 15.5 Å². The van der Waals surface area contributed by atoms with Crippen LogP contribution in [0.4, 0.5) is 5.82 Å². The Morgan fingerprint density at radius 2 is 1.79 bits per heavy atom. The van der Waals surface area contributed by atoms with Crippen LogP contribution in [0.15, 0.2) is 24.4 Å². The van der Waals surface area contributed by atoms with Gasteiger partial charge in [0.1, 0.15) is 5.82 Å². The predicted molar refractivity (Wildman–Crippen MR) is 91.4 cm³/mol. The fourth-order valence-electron chi connectivity index (χ4n) is 3.38.